The number of nitrogens with zero attached hydrogens (tertiary/aromatic N) is 2. The third kappa shape index (κ3) is 4.18. The summed E-state index contributed by atoms with van der Waals surface area (Å²) in [5.74, 6) is -0.781. The molecule has 132 valence electrons. The minimum atomic E-state index is -1.11. The molecule has 0 spiro atoms. The summed E-state index contributed by atoms with van der Waals surface area (Å²) in [6.07, 6.45) is 1.07. The zero-order valence-corrected chi connectivity index (χ0v) is 14.2. The van der Waals surface area contributed by atoms with Crippen LogP contribution in [0.25, 0.3) is 17.4 Å². The Balaban J connectivity index is 2.42. The van der Waals surface area contributed by atoms with Crippen molar-refractivity contribution in [3.8, 4) is 17.4 Å². The van der Waals surface area contributed by atoms with Gasteiger partial charge in [-0.25, -0.2) is 4.79 Å². The first kappa shape index (κ1) is 19.0. The van der Waals surface area contributed by atoms with Crippen LogP contribution in [0.3, 0.4) is 0 Å². The van der Waals surface area contributed by atoms with E-state index in [1.165, 1.54) is 18.2 Å². The lowest BCUT2D eigenvalue weighted by atomic mass is 10.1. The number of furan rings is 1. The van der Waals surface area contributed by atoms with Crippen molar-refractivity contribution in [3.63, 3.8) is 0 Å². The smallest absolute Gasteiger partial charge is 0.319 e. The van der Waals surface area contributed by atoms with Crippen molar-refractivity contribution in [2.75, 3.05) is 0 Å². The second kappa shape index (κ2) is 7.69. The fourth-order valence-electron chi connectivity index (χ4n) is 1.91. The summed E-state index contributed by atoms with van der Waals surface area (Å²) in [5, 5.41) is 21.7. The highest BCUT2D eigenvalue weighted by Crippen LogP contribution is 2.37. The van der Waals surface area contributed by atoms with Crippen LogP contribution in [0.15, 0.2) is 34.3 Å². The fraction of sp³-hybridized carbons (Fsp3) is 0. The summed E-state index contributed by atoms with van der Waals surface area (Å²) in [5.41, 5.74) is 4.22. The predicted octanol–water partition coefficient (Wildman–Crippen LogP) is 3.26. The van der Waals surface area contributed by atoms with Crippen LogP contribution in [0.5, 0.6) is 0 Å². The molecule has 0 aliphatic heterocycles. The highest BCUT2D eigenvalue weighted by molar-refractivity contribution is 6.37. The van der Waals surface area contributed by atoms with E-state index in [1.807, 2.05) is 0 Å². The van der Waals surface area contributed by atoms with Crippen molar-refractivity contribution >= 4 is 46.9 Å². The molecule has 0 aliphatic carbocycles. The number of nitrogens with one attached hydrogen (secondary N) is 1. The lowest BCUT2D eigenvalue weighted by molar-refractivity contribution is -0.384. The normalized spacial score (nSPS) is 10.9. The van der Waals surface area contributed by atoms with Crippen molar-refractivity contribution in [2.45, 2.75) is 0 Å². The number of hydrogen-bond acceptors (Lipinski definition) is 6. The number of primary amides is 1. The van der Waals surface area contributed by atoms with E-state index in [1.54, 1.807) is 11.4 Å². The van der Waals surface area contributed by atoms with Gasteiger partial charge in [-0.2, -0.15) is 5.26 Å². The number of nitro groups is 1. The van der Waals surface area contributed by atoms with Crippen LogP contribution in [0.2, 0.25) is 10.0 Å². The molecular formula is C15H8Cl2N4O5. The summed E-state index contributed by atoms with van der Waals surface area (Å²) in [4.78, 5) is 32.6. The maximum atomic E-state index is 11.6. The molecule has 0 atom stereocenters. The van der Waals surface area contributed by atoms with Gasteiger partial charge >= 0.3 is 6.03 Å². The van der Waals surface area contributed by atoms with Crippen molar-refractivity contribution in [1.29, 1.82) is 5.26 Å². The number of nitrogens with two attached hydrogens (primary N) is 1. The number of urea groups is 1. The first-order chi connectivity index (χ1) is 12.2. The van der Waals surface area contributed by atoms with Gasteiger partial charge in [0.05, 0.1) is 9.95 Å². The third-order valence-electron chi connectivity index (χ3n) is 3.01. The zero-order chi connectivity index (χ0) is 19.4. The van der Waals surface area contributed by atoms with E-state index in [4.69, 9.17) is 38.6 Å². The first-order valence-corrected chi connectivity index (χ1v) is 7.44. The van der Waals surface area contributed by atoms with Crippen molar-refractivity contribution < 1.29 is 18.9 Å². The van der Waals surface area contributed by atoms with Gasteiger partial charge < -0.3 is 10.2 Å². The number of carbonyl (C=O) groups excluding carboxylic acids is 2. The van der Waals surface area contributed by atoms with Crippen LogP contribution >= 0.6 is 23.2 Å². The van der Waals surface area contributed by atoms with Gasteiger partial charge in [-0.3, -0.25) is 20.2 Å². The van der Waals surface area contributed by atoms with Gasteiger partial charge in [-0.15, -0.1) is 0 Å². The summed E-state index contributed by atoms with van der Waals surface area (Å²) < 4.78 is 5.44. The summed E-state index contributed by atoms with van der Waals surface area (Å²) in [6.45, 7) is 0. The largest absolute Gasteiger partial charge is 0.457 e. The Hall–Kier alpha value is -3.35. The SMILES string of the molecule is N#C/C(=C/c1ccc(-c2cc([N+](=O)[O-])c(Cl)cc2Cl)o1)C(=O)NC(N)=O. The van der Waals surface area contributed by atoms with Gasteiger partial charge in [0.25, 0.3) is 11.6 Å². The second-order valence-electron chi connectivity index (χ2n) is 4.73. The minimum Gasteiger partial charge on any atom is -0.457 e. The van der Waals surface area contributed by atoms with Crippen LogP contribution in [0.1, 0.15) is 5.76 Å². The molecule has 0 bridgehead atoms. The average molecular weight is 395 g/mol. The Morgan fingerprint density at radius 3 is 2.58 bits per heavy atom. The zero-order valence-electron chi connectivity index (χ0n) is 12.7. The van der Waals surface area contributed by atoms with Crippen LogP contribution < -0.4 is 11.1 Å². The van der Waals surface area contributed by atoms with Crippen molar-refractivity contribution in [3.05, 3.63) is 55.8 Å². The van der Waals surface area contributed by atoms with Crippen molar-refractivity contribution in [1.82, 2.24) is 5.32 Å². The number of hydrogen-bond donors (Lipinski definition) is 2. The second-order valence-corrected chi connectivity index (χ2v) is 5.55. The Bertz CT molecular complexity index is 990. The molecule has 26 heavy (non-hydrogen) atoms. The molecule has 9 nitrogen and oxygen atoms in total. The minimum absolute atomic E-state index is 0.0739. The first-order valence-electron chi connectivity index (χ1n) is 6.69. The molecule has 2 aromatic rings. The predicted molar refractivity (Wildman–Crippen MR) is 92.1 cm³/mol. The van der Waals surface area contributed by atoms with Crippen LogP contribution in [0.4, 0.5) is 10.5 Å². The molecule has 3 N–H and O–H groups in total. The fourth-order valence-corrected chi connectivity index (χ4v) is 2.46. The van der Waals surface area contributed by atoms with E-state index in [-0.39, 0.29) is 32.8 Å². The van der Waals surface area contributed by atoms with Crippen LogP contribution in [-0.4, -0.2) is 16.9 Å². The monoisotopic (exact) mass is 394 g/mol. The Morgan fingerprint density at radius 1 is 1.31 bits per heavy atom. The molecule has 1 aromatic heterocycles. The molecule has 0 unspecified atom stereocenters. The van der Waals surface area contributed by atoms with Gasteiger partial charge in [0, 0.05) is 17.7 Å². The Labute approximate surface area is 155 Å². The van der Waals surface area contributed by atoms with Gasteiger partial charge in [0.1, 0.15) is 28.2 Å². The molecule has 1 aromatic carbocycles. The number of halogens is 2. The average Bonchev–Trinajstić information content (AvgIpc) is 2.99. The van der Waals surface area contributed by atoms with Crippen molar-refractivity contribution in [2.24, 2.45) is 5.73 Å². The summed E-state index contributed by atoms with van der Waals surface area (Å²) in [7, 11) is 0. The molecule has 3 amide bonds. The van der Waals surface area contributed by atoms with Gasteiger partial charge in [-0.05, 0) is 18.2 Å². The number of nitro benzene ring substituents is 1. The lowest BCUT2D eigenvalue weighted by Crippen LogP contribution is -2.35. The van der Waals surface area contributed by atoms with E-state index in [9.17, 15) is 19.7 Å². The van der Waals surface area contributed by atoms with Crippen LogP contribution in [-0.2, 0) is 4.79 Å². The summed E-state index contributed by atoms with van der Waals surface area (Å²) >= 11 is 11.8. The lowest BCUT2D eigenvalue weighted by Gasteiger charge is -2.03. The standard InChI is InChI=1S/C15H8Cl2N4O5/c16-10-5-11(17)12(21(24)25)4-9(10)13-2-1-8(26-13)3-7(6-18)14(22)20-15(19)23/h1-5H,(H3,19,20,22,23)/b7-3-. The Morgan fingerprint density at radius 2 is 2.00 bits per heavy atom. The molecular weight excluding hydrogens is 387 g/mol. The molecule has 0 saturated carbocycles. The number of imide groups is 1. The molecule has 11 heteroatoms. The highest BCUT2D eigenvalue weighted by Gasteiger charge is 2.19. The van der Waals surface area contributed by atoms with Gasteiger partial charge in [0.15, 0.2) is 0 Å². The van der Waals surface area contributed by atoms with E-state index < -0.39 is 22.4 Å². The maximum Gasteiger partial charge on any atom is 0.319 e. The van der Waals surface area contributed by atoms with E-state index in [0.29, 0.717) is 0 Å². The molecule has 1 heterocycles. The number of amides is 3. The van der Waals surface area contributed by atoms with E-state index >= 15 is 0 Å². The quantitative estimate of drug-likeness (QED) is 0.351. The van der Waals surface area contributed by atoms with Crippen LogP contribution in [0, 0.1) is 21.4 Å². The maximum absolute atomic E-state index is 11.6. The van der Waals surface area contributed by atoms with Gasteiger partial charge in [0.2, 0.25) is 0 Å². The Kier molecular flexibility index (Phi) is 5.61. The molecule has 2 rings (SSSR count). The number of benzene rings is 1. The van der Waals surface area contributed by atoms with E-state index in [2.05, 4.69) is 0 Å². The number of carbonyl (C=O) groups is 2. The molecule has 0 radical (unpaired) electrons. The molecule has 0 aliphatic rings. The topological polar surface area (TPSA) is 152 Å². The van der Waals surface area contributed by atoms with E-state index in [0.717, 1.165) is 12.1 Å². The molecule has 0 saturated heterocycles. The third-order valence-corrected chi connectivity index (χ3v) is 3.63. The number of rotatable bonds is 4. The highest BCUT2D eigenvalue weighted by atomic mass is 35.5. The molecule has 0 fully saturated rings. The van der Waals surface area contributed by atoms with Gasteiger partial charge in [-0.1, -0.05) is 23.2 Å². The summed E-state index contributed by atoms with van der Waals surface area (Å²) in [6, 6.07) is 5.67. The number of nitriles is 1.